The maximum absolute atomic E-state index is 2.54. The third-order valence-corrected chi connectivity index (χ3v) is 11.9. The Balaban J connectivity index is 0.00000150. The second-order valence-electron chi connectivity index (χ2n) is 9.06. The van der Waals surface area contributed by atoms with E-state index in [9.17, 15) is 0 Å². The molecule has 0 unspecified atom stereocenters. The molecule has 0 bridgehead atoms. The van der Waals surface area contributed by atoms with E-state index in [4.69, 9.17) is 0 Å². The Morgan fingerprint density at radius 1 is 0.606 bits per heavy atom. The summed E-state index contributed by atoms with van der Waals surface area (Å²) in [5, 5.41) is 3.66. The van der Waals surface area contributed by atoms with Crippen LogP contribution in [-0.2, 0) is 17.1 Å². The summed E-state index contributed by atoms with van der Waals surface area (Å²) in [4.78, 5) is 0. The van der Waals surface area contributed by atoms with Crippen LogP contribution in [0.25, 0.3) is 0 Å². The molecule has 196 valence electrons. The summed E-state index contributed by atoms with van der Waals surface area (Å²) in [5.41, 5.74) is 0. The van der Waals surface area contributed by atoms with Crippen LogP contribution in [0, 0.1) is 0 Å². The normalized spacial score (nSPS) is 10.8. The molecule has 0 heterocycles. The largest absolute Gasteiger partial charge is 0.748 e. The Hall–Kier alpha value is 0.0795. The number of rotatable bonds is 18. The second-order valence-corrected chi connectivity index (χ2v) is 14.0. The van der Waals surface area contributed by atoms with Gasteiger partial charge in [-0.15, -0.1) is 26.5 Å². The van der Waals surface area contributed by atoms with Crippen LogP contribution in [0.3, 0.4) is 0 Å². The monoisotopic (exact) mass is 530 g/mol. The zero-order chi connectivity index (χ0) is 23.3. The molecule has 2 aromatic carbocycles. The van der Waals surface area contributed by atoms with Crippen molar-refractivity contribution >= 4 is 26.5 Å². The summed E-state index contributed by atoms with van der Waals surface area (Å²) in [6.07, 6.45) is 22.8. The van der Waals surface area contributed by atoms with Gasteiger partial charge >= 0.3 is 0 Å². The van der Waals surface area contributed by atoms with Crippen LogP contribution in [0.4, 0.5) is 0 Å². The van der Waals surface area contributed by atoms with Gasteiger partial charge in [0.15, 0.2) is 0 Å². The van der Waals surface area contributed by atoms with Crippen LogP contribution in [0.1, 0.15) is 105 Å². The van der Waals surface area contributed by atoms with Gasteiger partial charge in [0.2, 0.25) is 0 Å². The van der Waals surface area contributed by atoms with Crippen molar-refractivity contribution in [3.8, 4) is 0 Å². The zero-order valence-electron chi connectivity index (χ0n) is 22.2. The van der Waals surface area contributed by atoms with Crippen LogP contribution < -0.4 is 10.6 Å². The summed E-state index contributed by atoms with van der Waals surface area (Å²) < 4.78 is 0. The number of hydrogen-bond acceptors (Lipinski definition) is 0. The summed E-state index contributed by atoms with van der Waals surface area (Å²) in [7, 11) is 0.168. The van der Waals surface area contributed by atoms with Gasteiger partial charge in [0.1, 0.15) is 0 Å². The van der Waals surface area contributed by atoms with Gasteiger partial charge in [-0.05, 0) is 50.3 Å². The van der Waals surface area contributed by atoms with Gasteiger partial charge in [0.25, 0.3) is 0 Å². The summed E-state index contributed by atoms with van der Waals surface area (Å²) >= 11 is 0. The fourth-order valence-electron chi connectivity index (χ4n) is 4.17. The molecular weight excluding hydrogens is 478 g/mol. The average molecular weight is 531 g/mol. The molecule has 0 nitrogen and oxygen atoms in total. The van der Waals surface area contributed by atoms with Crippen LogP contribution in [0.15, 0.2) is 48.5 Å². The maximum Gasteiger partial charge on any atom is 0 e. The van der Waals surface area contributed by atoms with Crippen LogP contribution in [-0.4, -0.2) is 24.6 Å². The van der Waals surface area contributed by atoms with Crippen LogP contribution in [0.5, 0.6) is 0 Å². The third kappa shape index (κ3) is 15.6. The third-order valence-electron chi connectivity index (χ3n) is 6.13. The van der Waals surface area contributed by atoms with E-state index in [2.05, 4.69) is 45.9 Å². The Kier molecular flexibility index (Phi) is 23.9. The molecular formula is C30H52FeP2-6. The molecule has 0 aliphatic rings. The first-order valence-electron chi connectivity index (χ1n) is 13.7. The van der Waals surface area contributed by atoms with E-state index in [-0.39, 0.29) is 32.9 Å². The smallest absolute Gasteiger partial charge is 0 e. The van der Waals surface area contributed by atoms with Crippen molar-refractivity contribution in [1.82, 2.24) is 0 Å². The minimum atomic E-state index is 0. The van der Waals surface area contributed by atoms with E-state index >= 15 is 0 Å². The second kappa shape index (κ2) is 23.8. The standard InChI is InChI=1S/C25H47P2.C5H5.Fe/c1-5-9-13-20-26(21-14-10-6-2)24-18-17-19-25(24)27(22-15-11-7-3)23-16-12-8-4;1-2-4-5-3-1;/h17-19H,5-16,20-23H2,1-4H3;1-5H;/q-1;-5;. The molecule has 2 rings (SSSR count). The number of hydrogen-bond donors (Lipinski definition) is 0. The predicted octanol–water partition coefficient (Wildman–Crippen LogP) is 9.78. The molecule has 2 aromatic rings. The molecule has 0 atom stereocenters. The van der Waals surface area contributed by atoms with Crippen molar-refractivity contribution in [3.05, 3.63) is 48.5 Å². The molecule has 0 saturated heterocycles. The molecule has 0 fully saturated rings. The van der Waals surface area contributed by atoms with E-state index in [1.807, 2.05) is 40.9 Å². The summed E-state index contributed by atoms with van der Waals surface area (Å²) in [6.45, 7) is 9.37. The van der Waals surface area contributed by atoms with Crippen molar-refractivity contribution in [2.75, 3.05) is 24.6 Å². The zero-order valence-corrected chi connectivity index (χ0v) is 25.1. The van der Waals surface area contributed by atoms with Gasteiger partial charge in [0.05, 0.1) is 0 Å². The van der Waals surface area contributed by atoms with Crippen LogP contribution >= 0.6 is 15.8 Å². The minimum Gasteiger partial charge on any atom is -0.748 e. The molecule has 0 spiro atoms. The van der Waals surface area contributed by atoms with Gasteiger partial charge in [-0.1, -0.05) is 79.1 Å². The van der Waals surface area contributed by atoms with Gasteiger partial charge in [-0.2, -0.15) is 6.07 Å². The summed E-state index contributed by atoms with van der Waals surface area (Å²) in [5.74, 6) is 0. The fraction of sp³-hybridized carbons (Fsp3) is 0.667. The van der Waals surface area contributed by atoms with Crippen molar-refractivity contribution < 1.29 is 17.1 Å². The predicted molar refractivity (Wildman–Crippen MR) is 155 cm³/mol. The van der Waals surface area contributed by atoms with Gasteiger partial charge < -0.3 is 30.3 Å². The van der Waals surface area contributed by atoms with Crippen molar-refractivity contribution in [3.63, 3.8) is 0 Å². The molecule has 0 radical (unpaired) electrons. The Morgan fingerprint density at radius 3 is 1.39 bits per heavy atom. The molecule has 0 aliphatic heterocycles. The average Bonchev–Trinajstić information content (AvgIpc) is 3.53. The molecule has 0 aromatic heterocycles. The molecule has 0 N–H and O–H groups in total. The van der Waals surface area contributed by atoms with Crippen LogP contribution in [0.2, 0.25) is 0 Å². The topological polar surface area (TPSA) is 0 Å². The maximum atomic E-state index is 2.54. The SMILES string of the molecule is CCCCCP(CCCCC)c1ccc[c-]1P(CCCCC)CCCCC.[Fe].[cH-]1[cH-][cH-][cH-][cH-]1. The van der Waals surface area contributed by atoms with Gasteiger partial charge in [-0.25, -0.2) is 12.1 Å². The van der Waals surface area contributed by atoms with Gasteiger partial charge in [0, 0.05) is 17.1 Å². The van der Waals surface area contributed by atoms with E-state index < -0.39 is 0 Å². The molecule has 0 saturated carbocycles. The minimum absolute atomic E-state index is 0. The Labute approximate surface area is 220 Å². The van der Waals surface area contributed by atoms with Crippen molar-refractivity contribution in [1.29, 1.82) is 0 Å². The first-order valence-corrected chi connectivity index (χ1v) is 17.1. The Morgan fingerprint density at radius 2 is 1.00 bits per heavy atom. The van der Waals surface area contributed by atoms with E-state index in [0.29, 0.717) is 0 Å². The quantitative estimate of drug-likeness (QED) is 0.0779. The molecule has 3 heteroatoms. The van der Waals surface area contributed by atoms with Crippen molar-refractivity contribution in [2.45, 2.75) is 105 Å². The van der Waals surface area contributed by atoms with Crippen molar-refractivity contribution in [2.24, 2.45) is 0 Å². The van der Waals surface area contributed by atoms with E-state index in [1.54, 1.807) is 0 Å². The first kappa shape index (κ1) is 33.1. The van der Waals surface area contributed by atoms with Gasteiger partial charge in [-0.3, -0.25) is 0 Å². The van der Waals surface area contributed by atoms with E-state index in [0.717, 1.165) is 0 Å². The first-order chi connectivity index (χ1) is 15.8. The molecule has 0 amide bonds. The summed E-state index contributed by atoms with van der Waals surface area (Å²) in [6, 6.07) is 17.5. The number of unbranched alkanes of at least 4 members (excludes halogenated alkanes) is 8. The van der Waals surface area contributed by atoms with E-state index in [1.165, 1.54) is 102 Å². The fourth-order valence-corrected chi connectivity index (χ4v) is 10.2. The molecule has 0 aliphatic carbocycles. The molecule has 33 heavy (non-hydrogen) atoms. The Bertz CT molecular complexity index is 529.